The second-order valence-electron chi connectivity index (χ2n) is 5.20. The molecule has 2 aromatic rings. The number of hydrogen-bond donors (Lipinski definition) is 2. The summed E-state index contributed by atoms with van der Waals surface area (Å²) in [5.41, 5.74) is 1.84. The van der Waals surface area contributed by atoms with Crippen molar-refractivity contribution in [3.8, 4) is 0 Å². The number of anilines is 1. The Morgan fingerprint density at radius 1 is 1.48 bits per heavy atom. The molecule has 0 aliphatic carbocycles. The summed E-state index contributed by atoms with van der Waals surface area (Å²) in [4.78, 5) is 16.6. The molecule has 1 atom stereocenters. The number of carbonyl (C=O) groups excluding carboxylic acids is 1. The van der Waals surface area contributed by atoms with Crippen LogP contribution >= 0.6 is 0 Å². The lowest BCUT2D eigenvalue weighted by molar-refractivity contribution is -0.122. The highest BCUT2D eigenvalue weighted by atomic mass is 16.5. The van der Waals surface area contributed by atoms with Crippen molar-refractivity contribution in [2.45, 2.75) is 25.5 Å². The molecular weight excluding hydrogens is 268 g/mol. The molecule has 1 fully saturated rings. The molecule has 21 heavy (non-hydrogen) atoms. The number of ether oxygens (including phenoxy) is 1. The van der Waals surface area contributed by atoms with Crippen LogP contribution in [0.2, 0.25) is 0 Å². The molecule has 0 spiro atoms. The van der Waals surface area contributed by atoms with Gasteiger partial charge in [-0.1, -0.05) is 12.1 Å². The number of rotatable bonds is 5. The second kappa shape index (κ2) is 6.13. The fourth-order valence-electron chi connectivity index (χ4n) is 2.66. The van der Waals surface area contributed by atoms with Crippen molar-refractivity contribution in [2.24, 2.45) is 0 Å². The fourth-order valence-corrected chi connectivity index (χ4v) is 2.66. The predicted molar refractivity (Wildman–Crippen MR) is 81.3 cm³/mol. The van der Waals surface area contributed by atoms with Crippen molar-refractivity contribution in [2.75, 3.05) is 25.5 Å². The maximum absolute atomic E-state index is 12.1. The molecule has 1 amide bonds. The summed E-state index contributed by atoms with van der Waals surface area (Å²) in [5.74, 6) is 0.675. The van der Waals surface area contributed by atoms with Crippen LogP contribution in [0.15, 0.2) is 24.3 Å². The molecule has 2 heterocycles. The van der Waals surface area contributed by atoms with E-state index < -0.39 is 0 Å². The number of nitrogens with zero attached hydrogens (tertiary/aromatic N) is 2. The zero-order chi connectivity index (χ0) is 14.7. The monoisotopic (exact) mass is 288 g/mol. The smallest absolute Gasteiger partial charge is 0.240 e. The van der Waals surface area contributed by atoms with Gasteiger partial charge in [0.25, 0.3) is 0 Å². The third kappa shape index (κ3) is 3.00. The van der Waals surface area contributed by atoms with Gasteiger partial charge < -0.3 is 19.9 Å². The first-order valence-electron chi connectivity index (χ1n) is 7.29. The number of carbonyl (C=O) groups is 1. The lowest BCUT2D eigenvalue weighted by atomic mass is 10.2. The first kappa shape index (κ1) is 13.9. The minimum Gasteiger partial charge on any atom is -0.376 e. The minimum absolute atomic E-state index is 0.0230. The standard InChI is InChI=1S/C15H20N4O2/c1-16-15-18-12-6-2-3-7-13(12)19(15)10-14(20)17-9-11-5-4-8-21-11/h2-3,6-7,11H,4-5,8-10H2,1H3,(H,16,18)(H,17,20). The Morgan fingerprint density at radius 3 is 3.10 bits per heavy atom. The van der Waals surface area contributed by atoms with Crippen molar-refractivity contribution in [1.29, 1.82) is 0 Å². The lowest BCUT2D eigenvalue weighted by Gasteiger charge is -2.12. The van der Waals surface area contributed by atoms with Crippen LogP contribution in [0.5, 0.6) is 0 Å². The molecule has 1 aromatic carbocycles. The van der Waals surface area contributed by atoms with E-state index in [1.165, 1.54) is 0 Å². The number of benzene rings is 1. The van der Waals surface area contributed by atoms with Crippen molar-refractivity contribution >= 4 is 22.9 Å². The zero-order valence-electron chi connectivity index (χ0n) is 12.1. The van der Waals surface area contributed by atoms with Crippen molar-refractivity contribution < 1.29 is 9.53 Å². The summed E-state index contributed by atoms with van der Waals surface area (Å²) in [7, 11) is 1.81. The molecule has 0 radical (unpaired) electrons. The van der Waals surface area contributed by atoms with Gasteiger partial charge in [0.05, 0.1) is 17.1 Å². The van der Waals surface area contributed by atoms with Gasteiger partial charge in [-0.2, -0.15) is 0 Å². The van der Waals surface area contributed by atoms with Gasteiger partial charge in [-0.15, -0.1) is 0 Å². The van der Waals surface area contributed by atoms with Gasteiger partial charge in [0.2, 0.25) is 11.9 Å². The summed E-state index contributed by atoms with van der Waals surface area (Å²) in [5, 5.41) is 5.97. The van der Waals surface area contributed by atoms with Crippen molar-refractivity contribution in [1.82, 2.24) is 14.9 Å². The van der Waals surface area contributed by atoms with Crippen LogP contribution < -0.4 is 10.6 Å². The van der Waals surface area contributed by atoms with Gasteiger partial charge in [0.15, 0.2) is 0 Å². The van der Waals surface area contributed by atoms with E-state index in [0.29, 0.717) is 12.5 Å². The number of amides is 1. The van der Waals surface area contributed by atoms with Crippen molar-refractivity contribution in [3.63, 3.8) is 0 Å². The SMILES string of the molecule is CNc1nc2ccccc2n1CC(=O)NCC1CCCO1. The van der Waals surface area contributed by atoms with Crippen LogP contribution in [0.25, 0.3) is 11.0 Å². The Bertz CT molecular complexity index is 632. The van der Waals surface area contributed by atoms with Gasteiger partial charge in [-0.3, -0.25) is 4.79 Å². The van der Waals surface area contributed by atoms with Crippen LogP contribution in [-0.4, -0.2) is 41.8 Å². The van der Waals surface area contributed by atoms with Gasteiger partial charge in [0, 0.05) is 20.2 Å². The lowest BCUT2D eigenvalue weighted by Crippen LogP contribution is -2.34. The highest BCUT2D eigenvalue weighted by molar-refractivity contribution is 5.83. The molecule has 1 saturated heterocycles. The molecule has 1 aliphatic heterocycles. The van der Waals surface area contributed by atoms with Crippen LogP contribution in [0.3, 0.4) is 0 Å². The van der Waals surface area contributed by atoms with Crippen molar-refractivity contribution in [3.05, 3.63) is 24.3 Å². The molecule has 1 aromatic heterocycles. The van der Waals surface area contributed by atoms with Crippen LogP contribution in [0.4, 0.5) is 5.95 Å². The topological polar surface area (TPSA) is 68.2 Å². The number of hydrogen-bond acceptors (Lipinski definition) is 4. The molecule has 3 rings (SSSR count). The highest BCUT2D eigenvalue weighted by Crippen LogP contribution is 2.19. The summed E-state index contributed by atoms with van der Waals surface area (Å²) in [6, 6.07) is 7.80. The van der Waals surface area contributed by atoms with Gasteiger partial charge in [-0.05, 0) is 25.0 Å². The van der Waals surface area contributed by atoms with Gasteiger partial charge >= 0.3 is 0 Å². The van der Waals surface area contributed by atoms with E-state index in [1.54, 1.807) is 0 Å². The summed E-state index contributed by atoms with van der Waals surface area (Å²) < 4.78 is 7.40. The number of fused-ring (bicyclic) bond motifs is 1. The zero-order valence-corrected chi connectivity index (χ0v) is 12.1. The Hall–Kier alpha value is -2.08. The number of nitrogens with one attached hydrogen (secondary N) is 2. The first-order valence-corrected chi connectivity index (χ1v) is 7.29. The summed E-state index contributed by atoms with van der Waals surface area (Å²) in [6.45, 7) is 1.64. The van der Waals surface area contributed by atoms with Crippen LogP contribution in [0.1, 0.15) is 12.8 Å². The van der Waals surface area contributed by atoms with E-state index in [9.17, 15) is 4.79 Å². The molecule has 0 bridgehead atoms. The molecular formula is C15H20N4O2. The van der Waals surface area contributed by atoms with E-state index in [1.807, 2.05) is 35.9 Å². The normalized spacial score (nSPS) is 18.0. The maximum Gasteiger partial charge on any atom is 0.240 e. The largest absolute Gasteiger partial charge is 0.376 e. The van der Waals surface area contributed by atoms with Crippen LogP contribution in [-0.2, 0) is 16.1 Å². The molecule has 1 unspecified atom stereocenters. The average molecular weight is 288 g/mol. The Kier molecular flexibility index (Phi) is 4.06. The van der Waals surface area contributed by atoms with E-state index in [-0.39, 0.29) is 18.6 Å². The Labute approximate surface area is 123 Å². The number of imidazole rings is 1. The fraction of sp³-hybridized carbons (Fsp3) is 0.467. The first-order chi connectivity index (χ1) is 10.3. The average Bonchev–Trinajstić information content (AvgIpc) is 3.13. The maximum atomic E-state index is 12.1. The Balaban J connectivity index is 1.69. The third-order valence-electron chi connectivity index (χ3n) is 3.73. The molecule has 1 aliphatic rings. The molecule has 0 saturated carbocycles. The number of aromatic nitrogens is 2. The highest BCUT2D eigenvalue weighted by Gasteiger charge is 2.17. The van der Waals surface area contributed by atoms with E-state index in [0.717, 1.165) is 30.5 Å². The number of para-hydroxylation sites is 2. The van der Waals surface area contributed by atoms with Crippen LogP contribution in [0, 0.1) is 0 Å². The van der Waals surface area contributed by atoms with E-state index in [2.05, 4.69) is 15.6 Å². The minimum atomic E-state index is -0.0230. The predicted octanol–water partition coefficient (Wildman–Crippen LogP) is 1.37. The second-order valence-corrected chi connectivity index (χ2v) is 5.20. The molecule has 112 valence electrons. The quantitative estimate of drug-likeness (QED) is 0.872. The van der Waals surface area contributed by atoms with Gasteiger partial charge in [-0.25, -0.2) is 4.98 Å². The third-order valence-corrected chi connectivity index (χ3v) is 3.73. The summed E-state index contributed by atoms with van der Waals surface area (Å²) >= 11 is 0. The van der Waals surface area contributed by atoms with E-state index in [4.69, 9.17) is 4.74 Å². The van der Waals surface area contributed by atoms with E-state index >= 15 is 0 Å². The Morgan fingerprint density at radius 2 is 2.33 bits per heavy atom. The molecule has 6 nitrogen and oxygen atoms in total. The van der Waals surface area contributed by atoms with Gasteiger partial charge in [0.1, 0.15) is 6.54 Å². The molecule has 6 heteroatoms. The summed E-state index contributed by atoms with van der Waals surface area (Å²) in [6.07, 6.45) is 2.27. The molecule has 2 N–H and O–H groups in total.